The number of rotatable bonds is 7. The molecular formula is C42H51ClN8O5. The van der Waals surface area contributed by atoms with Crippen LogP contribution in [-0.4, -0.2) is 88.4 Å². The Morgan fingerprint density at radius 3 is 1.54 bits per heavy atom. The minimum Gasteiger partial charge on any atom is -0.476 e. The molecule has 2 atom stereocenters. The van der Waals surface area contributed by atoms with Crippen molar-refractivity contribution in [1.82, 2.24) is 24.1 Å². The highest BCUT2D eigenvalue weighted by Gasteiger charge is 2.17. The highest BCUT2D eigenvalue weighted by Crippen LogP contribution is 2.21. The van der Waals surface area contributed by atoms with Gasteiger partial charge in [0.25, 0.3) is 5.91 Å². The Hall–Kier alpha value is -5.47. The van der Waals surface area contributed by atoms with Gasteiger partial charge in [-0.3, -0.25) is 4.79 Å². The number of fused-ring (bicyclic) bond motifs is 2. The van der Waals surface area contributed by atoms with Crippen molar-refractivity contribution in [1.29, 1.82) is 0 Å². The number of carboxylic acids is 1. The zero-order valence-electron chi connectivity index (χ0n) is 32.3. The lowest BCUT2D eigenvalue weighted by molar-refractivity contribution is 0.0691. The number of morpholine rings is 2. The van der Waals surface area contributed by atoms with Crippen LogP contribution in [0.25, 0.3) is 11.3 Å². The standard InChI is InChI=1S/C21H24N4O2.C12H18N2O.C9H8N2O2.ClH/c1-15-4-3-5-20-23-19(14-25(15)20)21(26)22-16(2)17-6-8-18(9-7-17)24-10-12-27-13-11-24;1-10(13)11-2-4-12(5-3-11)14-6-8-15-9-7-14;1-6-3-2-4-8-10-7(9(12)13)5-11(6)8;/h3-9,14,16H,10-13H2,1-2H3,(H,22,26);2-5,10H,6-9,13H2,1H3;2-5H,1H3,(H,12,13);1H/t16-;10-;;/m11../s1. The number of halogens is 1. The number of nitrogens with one attached hydrogen (secondary N) is 1. The van der Waals surface area contributed by atoms with Gasteiger partial charge in [-0.15, -0.1) is 12.4 Å². The number of imidazole rings is 2. The van der Waals surface area contributed by atoms with Gasteiger partial charge in [-0.05, 0) is 87.4 Å². The van der Waals surface area contributed by atoms with Crippen molar-refractivity contribution in [3.05, 3.63) is 131 Å². The second-order valence-corrected chi connectivity index (χ2v) is 13.7. The second-order valence-electron chi connectivity index (χ2n) is 13.7. The zero-order chi connectivity index (χ0) is 38.9. The number of hydrogen-bond acceptors (Lipinski definition) is 9. The van der Waals surface area contributed by atoms with E-state index >= 15 is 0 Å². The first kappa shape index (κ1) is 41.7. The number of carbonyl (C=O) groups is 2. The molecule has 296 valence electrons. The summed E-state index contributed by atoms with van der Waals surface area (Å²) < 4.78 is 14.4. The smallest absolute Gasteiger partial charge is 0.356 e. The minimum atomic E-state index is -0.997. The number of aryl methyl sites for hydroxylation is 2. The number of carbonyl (C=O) groups excluding carboxylic acids is 1. The Bertz CT molecular complexity index is 2190. The molecule has 13 nitrogen and oxygen atoms in total. The molecule has 0 radical (unpaired) electrons. The third kappa shape index (κ3) is 10.4. The van der Waals surface area contributed by atoms with E-state index in [-0.39, 0.29) is 36.1 Å². The summed E-state index contributed by atoms with van der Waals surface area (Å²) in [4.78, 5) is 36.2. The van der Waals surface area contributed by atoms with E-state index in [1.165, 1.54) is 23.1 Å². The summed E-state index contributed by atoms with van der Waals surface area (Å²) in [5.41, 5.74) is 14.5. The van der Waals surface area contributed by atoms with Crippen LogP contribution in [0.2, 0.25) is 0 Å². The van der Waals surface area contributed by atoms with Crippen LogP contribution in [0.3, 0.4) is 0 Å². The molecule has 14 heteroatoms. The van der Waals surface area contributed by atoms with Crippen LogP contribution in [0.4, 0.5) is 11.4 Å². The van der Waals surface area contributed by atoms with Gasteiger partial charge in [-0.1, -0.05) is 36.4 Å². The molecule has 0 spiro atoms. The van der Waals surface area contributed by atoms with Crippen LogP contribution >= 0.6 is 12.4 Å². The molecule has 1 amide bonds. The molecule has 8 rings (SSSR count). The average molecular weight is 783 g/mol. The van der Waals surface area contributed by atoms with Crippen LogP contribution in [0.15, 0.2) is 97.3 Å². The van der Waals surface area contributed by atoms with Crippen molar-refractivity contribution in [3.8, 4) is 0 Å². The Morgan fingerprint density at radius 2 is 1.11 bits per heavy atom. The fourth-order valence-electron chi connectivity index (χ4n) is 6.47. The van der Waals surface area contributed by atoms with Crippen molar-refractivity contribution < 1.29 is 24.2 Å². The van der Waals surface area contributed by atoms with E-state index in [2.05, 4.69) is 73.6 Å². The van der Waals surface area contributed by atoms with E-state index in [1.54, 1.807) is 16.7 Å². The van der Waals surface area contributed by atoms with E-state index in [0.29, 0.717) is 11.3 Å². The first-order valence-corrected chi connectivity index (χ1v) is 18.6. The van der Waals surface area contributed by atoms with Crippen LogP contribution in [0.5, 0.6) is 0 Å². The summed E-state index contributed by atoms with van der Waals surface area (Å²) in [5, 5.41) is 11.7. The molecule has 2 aliphatic rings. The predicted molar refractivity (Wildman–Crippen MR) is 221 cm³/mol. The summed E-state index contributed by atoms with van der Waals surface area (Å²) in [6.07, 6.45) is 3.31. The van der Waals surface area contributed by atoms with Gasteiger partial charge in [0.1, 0.15) is 17.0 Å². The SMILES string of the molecule is C[C@@H](N)c1ccc(N2CCOCC2)cc1.Cc1cccc2nc(C(=O)N[C@H](C)c3ccc(N4CCOCC4)cc3)cn12.Cc1cccc2nc(C(=O)O)cn12.Cl. The number of aromatic nitrogens is 4. The lowest BCUT2D eigenvalue weighted by Gasteiger charge is -2.29. The number of carboxylic acid groups (broad SMARTS) is 1. The highest BCUT2D eigenvalue weighted by molar-refractivity contribution is 5.93. The summed E-state index contributed by atoms with van der Waals surface area (Å²) >= 11 is 0. The van der Waals surface area contributed by atoms with Gasteiger partial charge in [0.05, 0.1) is 32.5 Å². The van der Waals surface area contributed by atoms with Crippen molar-refractivity contribution in [2.75, 3.05) is 62.4 Å². The monoisotopic (exact) mass is 782 g/mol. The lowest BCUT2D eigenvalue weighted by atomic mass is 10.1. The first-order valence-electron chi connectivity index (χ1n) is 18.6. The minimum absolute atomic E-state index is 0. The molecule has 2 saturated heterocycles. The average Bonchev–Trinajstić information content (AvgIpc) is 3.87. The number of anilines is 2. The molecule has 6 aromatic rings. The summed E-state index contributed by atoms with van der Waals surface area (Å²) in [6, 6.07) is 28.3. The quantitative estimate of drug-likeness (QED) is 0.169. The molecule has 0 aliphatic carbocycles. The topological polar surface area (TPSA) is 152 Å². The predicted octanol–water partition coefficient (Wildman–Crippen LogP) is 6.28. The Morgan fingerprint density at radius 1 is 0.679 bits per heavy atom. The first-order chi connectivity index (χ1) is 26.6. The third-order valence-electron chi connectivity index (χ3n) is 9.76. The second kappa shape index (κ2) is 19.4. The van der Waals surface area contributed by atoms with Gasteiger partial charge >= 0.3 is 5.97 Å². The normalized spacial score (nSPS) is 15.1. The number of hydrogen-bond donors (Lipinski definition) is 3. The summed E-state index contributed by atoms with van der Waals surface area (Å²) in [5.74, 6) is -1.16. The van der Waals surface area contributed by atoms with E-state index in [4.69, 9.17) is 20.3 Å². The molecule has 4 aromatic heterocycles. The van der Waals surface area contributed by atoms with Crippen molar-refractivity contribution in [3.63, 3.8) is 0 Å². The van der Waals surface area contributed by atoms with Crippen molar-refractivity contribution in [2.24, 2.45) is 5.73 Å². The van der Waals surface area contributed by atoms with Crippen LogP contribution in [-0.2, 0) is 9.47 Å². The number of aromatic carboxylic acids is 1. The largest absolute Gasteiger partial charge is 0.476 e. The molecule has 2 aromatic carbocycles. The maximum Gasteiger partial charge on any atom is 0.356 e. The Kier molecular flexibility index (Phi) is 14.4. The number of amides is 1. The van der Waals surface area contributed by atoms with Gasteiger partial charge < -0.3 is 44.2 Å². The molecule has 0 saturated carbocycles. The molecule has 0 bridgehead atoms. The van der Waals surface area contributed by atoms with Gasteiger partial charge in [-0.2, -0.15) is 0 Å². The fourth-order valence-corrected chi connectivity index (χ4v) is 6.47. The van der Waals surface area contributed by atoms with Crippen LogP contribution in [0, 0.1) is 13.8 Å². The van der Waals surface area contributed by atoms with Crippen LogP contribution < -0.4 is 20.9 Å². The van der Waals surface area contributed by atoms with E-state index < -0.39 is 5.97 Å². The maximum absolute atomic E-state index is 12.6. The van der Waals surface area contributed by atoms with Crippen molar-refractivity contribution in [2.45, 2.75) is 39.8 Å². The molecule has 4 N–H and O–H groups in total. The van der Waals surface area contributed by atoms with Crippen molar-refractivity contribution >= 4 is 47.0 Å². The molecule has 2 fully saturated rings. The Labute approximate surface area is 333 Å². The van der Waals surface area contributed by atoms with Gasteiger partial charge in [0.2, 0.25) is 0 Å². The maximum atomic E-state index is 12.6. The molecule has 2 aliphatic heterocycles. The fraction of sp³-hybridized carbons (Fsp3) is 0.333. The number of nitrogens with zero attached hydrogens (tertiary/aromatic N) is 6. The van der Waals surface area contributed by atoms with Gasteiger partial charge in [0, 0.05) is 67.4 Å². The molecule has 6 heterocycles. The highest BCUT2D eigenvalue weighted by atomic mass is 35.5. The zero-order valence-corrected chi connectivity index (χ0v) is 33.1. The molecule has 56 heavy (non-hydrogen) atoms. The lowest BCUT2D eigenvalue weighted by Crippen LogP contribution is -2.36. The number of benzene rings is 2. The van der Waals surface area contributed by atoms with Gasteiger partial charge in [-0.25, -0.2) is 14.8 Å². The molecular weight excluding hydrogens is 732 g/mol. The Balaban J connectivity index is 0.000000175. The summed E-state index contributed by atoms with van der Waals surface area (Å²) in [7, 11) is 0. The number of ether oxygens (including phenoxy) is 2. The van der Waals surface area contributed by atoms with E-state index in [1.807, 2.05) is 62.4 Å². The third-order valence-corrected chi connectivity index (χ3v) is 9.76. The number of nitrogens with two attached hydrogens (primary N) is 1. The number of pyridine rings is 2. The molecule has 0 unspecified atom stereocenters. The van der Waals surface area contributed by atoms with E-state index in [9.17, 15) is 9.59 Å². The summed E-state index contributed by atoms with van der Waals surface area (Å²) in [6.45, 7) is 14.9. The van der Waals surface area contributed by atoms with Gasteiger partial charge in [0.15, 0.2) is 5.69 Å². The van der Waals surface area contributed by atoms with Crippen LogP contribution in [0.1, 0.15) is 69.4 Å². The van der Waals surface area contributed by atoms with E-state index in [0.717, 1.165) is 75.2 Å².